The summed E-state index contributed by atoms with van der Waals surface area (Å²) in [5.41, 5.74) is 1.69. The minimum Gasteiger partial charge on any atom is -0.321 e. The van der Waals surface area contributed by atoms with Crippen LogP contribution in [0, 0.1) is 0 Å². The maximum absolute atomic E-state index is 13.0. The lowest BCUT2D eigenvalue weighted by atomic mass is 10.1. The summed E-state index contributed by atoms with van der Waals surface area (Å²) >= 11 is 0. The first-order valence-electron chi connectivity index (χ1n) is 9.97. The summed E-state index contributed by atoms with van der Waals surface area (Å²) in [5.74, 6) is -0.253. The Hall–Kier alpha value is -3.64. The summed E-state index contributed by atoms with van der Waals surface area (Å²) in [5, 5.41) is 4.95. The van der Waals surface area contributed by atoms with E-state index in [1.165, 1.54) is 4.31 Å². The number of nitrogens with one attached hydrogen (secondary N) is 1. The number of anilines is 2. The van der Waals surface area contributed by atoms with E-state index in [1.807, 2.05) is 42.5 Å². The second-order valence-corrected chi connectivity index (χ2v) is 8.87. The third-order valence-electron chi connectivity index (χ3n) is 5.07. The fourth-order valence-corrected chi connectivity index (χ4v) is 5.01. The van der Waals surface area contributed by atoms with Crippen molar-refractivity contribution in [2.24, 2.45) is 0 Å². The Bertz CT molecular complexity index is 1310. The molecule has 31 heavy (non-hydrogen) atoms. The SMILES string of the molecule is CCN(c1ccc(C(=O)Nc2cccc3ccccc23)cc1)S(=O)(=O)c1ccccc1. The third kappa shape index (κ3) is 4.15. The molecule has 1 amide bonds. The van der Waals surface area contributed by atoms with Crippen LogP contribution in [-0.2, 0) is 10.0 Å². The Morgan fingerprint density at radius 2 is 1.45 bits per heavy atom. The van der Waals surface area contributed by atoms with E-state index in [-0.39, 0.29) is 17.3 Å². The number of fused-ring (bicyclic) bond motifs is 1. The largest absolute Gasteiger partial charge is 0.321 e. The molecule has 0 aliphatic carbocycles. The van der Waals surface area contributed by atoms with Crippen LogP contribution in [0.4, 0.5) is 11.4 Å². The molecule has 156 valence electrons. The predicted molar refractivity (Wildman–Crippen MR) is 125 cm³/mol. The molecule has 0 fully saturated rings. The first-order chi connectivity index (χ1) is 15.0. The second-order valence-electron chi connectivity index (χ2n) is 7.01. The molecule has 0 spiro atoms. The lowest BCUT2D eigenvalue weighted by molar-refractivity contribution is 0.102. The highest BCUT2D eigenvalue weighted by Gasteiger charge is 2.23. The minimum absolute atomic E-state index is 0.231. The van der Waals surface area contributed by atoms with Crippen LogP contribution in [0.25, 0.3) is 10.8 Å². The molecular weight excluding hydrogens is 408 g/mol. The molecule has 4 aromatic carbocycles. The fourth-order valence-electron chi connectivity index (χ4n) is 3.52. The maximum Gasteiger partial charge on any atom is 0.264 e. The Balaban J connectivity index is 1.58. The highest BCUT2D eigenvalue weighted by atomic mass is 32.2. The van der Waals surface area contributed by atoms with E-state index < -0.39 is 10.0 Å². The quantitative estimate of drug-likeness (QED) is 0.451. The van der Waals surface area contributed by atoms with Gasteiger partial charge in [-0.1, -0.05) is 54.6 Å². The van der Waals surface area contributed by atoms with E-state index in [0.29, 0.717) is 11.3 Å². The molecule has 1 N–H and O–H groups in total. The topological polar surface area (TPSA) is 66.5 Å². The molecule has 0 heterocycles. The van der Waals surface area contributed by atoms with Crippen molar-refractivity contribution < 1.29 is 13.2 Å². The first kappa shape index (κ1) is 20.6. The zero-order valence-corrected chi connectivity index (χ0v) is 17.8. The van der Waals surface area contributed by atoms with Gasteiger partial charge in [0.2, 0.25) is 0 Å². The number of benzene rings is 4. The van der Waals surface area contributed by atoms with Gasteiger partial charge in [-0.05, 0) is 54.8 Å². The molecule has 0 aliphatic heterocycles. The van der Waals surface area contributed by atoms with Gasteiger partial charge in [-0.3, -0.25) is 9.10 Å². The maximum atomic E-state index is 13.0. The van der Waals surface area contributed by atoms with E-state index in [4.69, 9.17) is 0 Å². The van der Waals surface area contributed by atoms with Crippen molar-refractivity contribution in [2.75, 3.05) is 16.2 Å². The summed E-state index contributed by atoms with van der Waals surface area (Å²) < 4.78 is 27.3. The van der Waals surface area contributed by atoms with Crippen molar-refractivity contribution in [2.45, 2.75) is 11.8 Å². The van der Waals surface area contributed by atoms with Gasteiger partial charge in [0, 0.05) is 23.2 Å². The Kier molecular flexibility index (Phi) is 5.73. The molecule has 0 aliphatic rings. The van der Waals surface area contributed by atoms with Gasteiger partial charge < -0.3 is 5.32 Å². The van der Waals surface area contributed by atoms with Gasteiger partial charge in [-0.2, -0.15) is 0 Å². The molecular formula is C25H22N2O3S. The van der Waals surface area contributed by atoms with Crippen molar-refractivity contribution in [1.82, 2.24) is 0 Å². The molecule has 0 saturated carbocycles. The van der Waals surface area contributed by atoms with Crippen LogP contribution in [0.1, 0.15) is 17.3 Å². The van der Waals surface area contributed by atoms with Crippen LogP contribution in [-0.4, -0.2) is 20.9 Å². The van der Waals surface area contributed by atoms with Gasteiger partial charge in [0.15, 0.2) is 0 Å². The van der Waals surface area contributed by atoms with Crippen molar-refractivity contribution in [3.05, 3.63) is 103 Å². The number of sulfonamides is 1. The normalized spacial score (nSPS) is 11.3. The number of nitrogens with zero attached hydrogens (tertiary/aromatic N) is 1. The van der Waals surface area contributed by atoms with Crippen LogP contribution in [0.15, 0.2) is 102 Å². The molecule has 0 radical (unpaired) electrons. The summed E-state index contributed by atoms with van der Waals surface area (Å²) in [6.07, 6.45) is 0. The number of carbonyl (C=O) groups excluding carboxylic acids is 1. The summed E-state index contributed by atoms with van der Waals surface area (Å²) in [6, 6.07) is 28.5. The second kappa shape index (κ2) is 8.62. The Labute approximate surface area is 182 Å². The molecule has 0 aromatic heterocycles. The monoisotopic (exact) mass is 430 g/mol. The van der Waals surface area contributed by atoms with Gasteiger partial charge in [0.25, 0.3) is 15.9 Å². The van der Waals surface area contributed by atoms with Gasteiger partial charge in [0.1, 0.15) is 0 Å². The van der Waals surface area contributed by atoms with Crippen LogP contribution in [0.3, 0.4) is 0 Å². The van der Waals surface area contributed by atoms with Crippen molar-refractivity contribution in [3.8, 4) is 0 Å². The van der Waals surface area contributed by atoms with Gasteiger partial charge in [0.05, 0.1) is 10.6 Å². The van der Waals surface area contributed by atoms with Crippen LogP contribution >= 0.6 is 0 Å². The Morgan fingerprint density at radius 1 is 0.806 bits per heavy atom. The molecule has 4 rings (SSSR count). The average Bonchev–Trinajstić information content (AvgIpc) is 2.80. The molecule has 0 atom stereocenters. The van der Waals surface area contributed by atoms with E-state index in [2.05, 4.69) is 5.32 Å². The number of hydrogen-bond donors (Lipinski definition) is 1. The highest BCUT2D eigenvalue weighted by Crippen LogP contribution is 2.26. The smallest absolute Gasteiger partial charge is 0.264 e. The minimum atomic E-state index is -3.68. The van der Waals surface area contributed by atoms with Crippen LogP contribution < -0.4 is 9.62 Å². The lowest BCUT2D eigenvalue weighted by Crippen LogP contribution is -2.30. The third-order valence-corrected chi connectivity index (χ3v) is 6.99. The summed E-state index contributed by atoms with van der Waals surface area (Å²) in [4.78, 5) is 13.0. The van der Waals surface area contributed by atoms with E-state index >= 15 is 0 Å². The summed E-state index contributed by atoms with van der Waals surface area (Å²) in [6.45, 7) is 2.06. The zero-order valence-electron chi connectivity index (χ0n) is 17.0. The number of carbonyl (C=O) groups is 1. The van der Waals surface area contributed by atoms with E-state index in [1.54, 1.807) is 61.5 Å². The molecule has 0 unspecified atom stereocenters. The molecule has 0 saturated heterocycles. The Morgan fingerprint density at radius 3 is 2.16 bits per heavy atom. The van der Waals surface area contributed by atoms with E-state index in [9.17, 15) is 13.2 Å². The standard InChI is InChI=1S/C25H22N2O3S/c1-2-27(31(29,30)22-11-4-3-5-12-22)21-17-15-20(16-18-21)25(28)26-24-14-8-10-19-9-6-7-13-23(19)24/h3-18H,2H2,1H3,(H,26,28). The molecule has 5 nitrogen and oxygen atoms in total. The highest BCUT2D eigenvalue weighted by molar-refractivity contribution is 7.92. The number of hydrogen-bond acceptors (Lipinski definition) is 3. The van der Waals surface area contributed by atoms with Crippen molar-refractivity contribution in [3.63, 3.8) is 0 Å². The van der Waals surface area contributed by atoms with E-state index in [0.717, 1.165) is 16.5 Å². The van der Waals surface area contributed by atoms with Crippen LogP contribution in [0.5, 0.6) is 0 Å². The van der Waals surface area contributed by atoms with Gasteiger partial charge in [-0.15, -0.1) is 0 Å². The zero-order chi connectivity index (χ0) is 21.8. The average molecular weight is 431 g/mol. The fraction of sp³-hybridized carbons (Fsp3) is 0.0800. The first-order valence-corrected chi connectivity index (χ1v) is 11.4. The molecule has 6 heteroatoms. The van der Waals surface area contributed by atoms with Gasteiger partial charge >= 0.3 is 0 Å². The predicted octanol–water partition coefficient (Wildman–Crippen LogP) is 5.31. The van der Waals surface area contributed by atoms with Gasteiger partial charge in [-0.25, -0.2) is 8.42 Å². The lowest BCUT2D eigenvalue weighted by Gasteiger charge is -2.23. The van der Waals surface area contributed by atoms with Crippen LogP contribution in [0.2, 0.25) is 0 Å². The molecule has 4 aromatic rings. The molecule has 0 bridgehead atoms. The number of amides is 1. The van der Waals surface area contributed by atoms with Crippen molar-refractivity contribution in [1.29, 1.82) is 0 Å². The van der Waals surface area contributed by atoms with Crippen molar-refractivity contribution >= 4 is 38.1 Å². The summed E-state index contributed by atoms with van der Waals surface area (Å²) in [7, 11) is -3.68. The number of rotatable bonds is 6.